The lowest BCUT2D eigenvalue weighted by Gasteiger charge is -2.20. The van der Waals surface area contributed by atoms with Gasteiger partial charge in [-0.25, -0.2) is 0 Å². The van der Waals surface area contributed by atoms with Crippen molar-refractivity contribution in [2.45, 2.75) is 52.5 Å². The third kappa shape index (κ3) is 1.94. The van der Waals surface area contributed by atoms with Gasteiger partial charge in [0, 0.05) is 5.56 Å². The molecule has 2 heteroatoms. The van der Waals surface area contributed by atoms with Crippen LogP contribution in [-0.2, 0) is 0 Å². The van der Waals surface area contributed by atoms with E-state index < -0.39 is 0 Å². The Morgan fingerprint density at radius 2 is 1.94 bits per heavy atom. The van der Waals surface area contributed by atoms with Crippen molar-refractivity contribution in [3.8, 4) is 0 Å². The van der Waals surface area contributed by atoms with E-state index in [0.717, 1.165) is 17.9 Å². The minimum absolute atomic E-state index is 0.0396. The summed E-state index contributed by atoms with van der Waals surface area (Å²) in [4.78, 5) is 0. The smallest absolute Gasteiger partial charge is 0.106 e. The summed E-state index contributed by atoms with van der Waals surface area (Å²) >= 11 is 0. The molecule has 0 aromatic carbocycles. The molecule has 1 heterocycles. The molecule has 0 radical (unpaired) electrons. The molecule has 0 saturated carbocycles. The Kier molecular flexibility index (Phi) is 3.20. The summed E-state index contributed by atoms with van der Waals surface area (Å²) in [5, 5.41) is 0. The first-order valence-corrected chi connectivity index (χ1v) is 6.12. The first kappa shape index (κ1) is 11.5. The summed E-state index contributed by atoms with van der Waals surface area (Å²) in [6.07, 6.45) is 7.21. The molecule has 1 unspecified atom stereocenters. The normalized spacial score (nSPS) is 18.4. The number of hydrogen-bond donors (Lipinski definition) is 1. The van der Waals surface area contributed by atoms with E-state index >= 15 is 0 Å². The summed E-state index contributed by atoms with van der Waals surface area (Å²) in [7, 11) is 0. The zero-order chi connectivity index (χ0) is 11.7. The summed E-state index contributed by atoms with van der Waals surface area (Å²) in [6, 6.07) is 0.0396. The lowest BCUT2D eigenvalue weighted by atomic mass is 9.89. The van der Waals surface area contributed by atoms with Gasteiger partial charge >= 0.3 is 0 Å². The zero-order valence-corrected chi connectivity index (χ0v) is 10.5. The Morgan fingerprint density at radius 3 is 2.44 bits per heavy atom. The van der Waals surface area contributed by atoms with E-state index in [4.69, 9.17) is 10.2 Å². The highest BCUT2D eigenvalue weighted by Crippen LogP contribution is 2.33. The van der Waals surface area contributed by atoms with Crippen molar-refractivity contribution in [1.29, 1.82) is 0 Å². The van der Waals surface area contributed by atoms with Gasteiger partial charge in [-0.05, 0) is 52.0 Å². The van der Waals surface area contributed by atoms with Gasteiger partial charge in [-0.15, -0.1) is 0 Å². The van der Waals surface area contributed by atoms with Gasteiger partial charge in [0.05, 0.1) is 6.04 Å². The van der Waals surface area contributed by atoms with Crippen molar-refractivity contribution in [2.24, 2.45) is 5.73 Å². The highest BCUT2D eigenvalue weighted by atomic mass is 16.3. The molecular weight excluding hydrogens is 198 g/mol. The van der Waals surface area contributed by atoms with Crippen LogP contribution in [0.4, 0.5) is 0 Å². The molecule has 1 aromatic heterocycles. The third-order valence-corrected chi connectivity index (χ3v) is 3.65. The van der Waals surface area contributed by atoms with E-state index in [0.29, 0.717) is 0 Å². The molecule has 2 nitrogen and oxygen atoms in total. The molecule has 0 amide bonds. The molecule has 1 atom stereocenters. The van der Waals surface area contributed by atoms with Gasteiger partial charge in [0.15, 0.2) is 0 Å². The number of allylic oxidation sites excluding steroid dienone is 1. The highest BCUT2D eigenvalue weighted by Gasteiger charge is 2.21. The molecule has 0 bridgehead atoms. The molecule has 0 spiro atoms. The zero-order valence-electron chi connectivity index (χ0n) is 10.5. The average molecular weight is 219 g/mol. The maximum absolute atomic E-state index is 6.36. The fraction of sp³-hybridized carbons (Fsp3) is 0.571. The van der Waals surface area contributed by atoms with Gasteiger partial charge in [0.1, 0.15) is 11.5 Å². The first-order chi connectivity index (χ1) is 7.61. The lowest BCUT2D eigenvalue weighted by Crippen LogP contribution is -2.16. The van der Waals surface area contributed by atoms with Crippen molar-refractivity contribution >= 4 is 0 Å². The monoisotopic (exact) mass is 219 g/mol. The van der Waals surface area contributed by atoms with E-state index in [-0.39, 0.29) is 6.04 Å². The molecule has 0 aliphatic heterocycles. The predicted octanol–water partition coefficient (Wildman–Crippen LogP) is 3.71. The molecule has 1 aromatic rings. The standard InChI is InChI=1S/C14H21NO/c1-9-10(2)16-11(3)13(9)14(15)12-7-5-4-6-8-12/h7,14H,4-6,8,15H2,1-3H3. The van der Waals surface area contributed by atoms with Crippen molar-refractivity contribution in [1.82, 2.24) is 0 Å². The van der Waals surface area contributed by atoms with Crippen LogP contribution in [0.3, 0.4) is 0 Å². The van der Waals surface area contributed by atoms with Crippen LogP contribution in [0.15, 0.2) is 16.1 Å². The van der Waals surface area contributed by atoms with Gasteiger partial charge in [-0.2, -0.15) is 0 Å². The SMILES string of the molecule is Cc1oc(C)c(C(N)C2=CCCCC2)c1C. The lowest BCUT2D eigenvalue weighted by molar-refractivity contribution is 0.497. The first-order valence-electron chi connectivity index (χ1n) is 6.12. The number of rotatable bonds is 2. The number of aryl methyl sites for hydroxylation is 2. The average Bonchev–Trinajstić information content (AvgIpc) is 2.54. The van der Waals surface area contributed by atoms with Crippen LogP contribution < -0.4 is 5.73 Å². The minimum Gasteiger partial charge on any atom is -0.466 e. The largest absolute Gasteiger partial charge is 0.466 e. The van der Waals surface area contributed by atoms with Crippen LogP contribution in [0, 0.1) is 20.8 Å². The fourth-order valence-corrected chi connectivity index (χ4v) is 2.60. The second-order valence-corrected chi connectivity index (χ2v) is 4.76. The number of hydrogen-bond acceptors (Lipinski definition) is 2. The molecule has 88 valence electrons. The molecule has 1 aliphatic rings. The third-order valence-electron chi connectivity index (χ3n) is 3.65. The number of nitrogens with two attached hydrogens (primary N) is 1. The Balaban J connectivity index is 2.32. The summed E-state index contributed by atoms with van der Waals surface area (Å²) < 4.78 is 5.65. The van der Waals surface area contributed by atoms with Crippen molar-refractivity contribution in [2.75, 3.05) is 0 Å². The second-order valence-electron chi connectivity index (χ2n) is 4.76. The maximum atomic E-state index is 6.36. The molecule has 2 rings (SSSR count). The Bertz CT molecular complexity index is 415. The Morgan fingerprint density at radius 1 is 1.19 bits per heavy atom. The topological polar surface area (TPSA) is 39.2 Å². The van der Waals surface area contributed by atoms with Crippen LogP contribution in [-0.4, -0.2) is 0 Å². The van der Waals surface area contributed by atoms with Gasteiger partial charge in [0.25, 0.3) is 0 Å². The van der Waals surface area contributed by atoms with Crippen molar-refractivity contribution in [3.05, 3.63) is 34.3 Å². The van der Waals surface area contributed by atoms with Gasteiger partial charge < -0.3 is 10.2 Å². The van der Waals surface area contributed by atoms with Gasteiger partial charge in [-0.3, -0.25) is 0 Å². The van der Waals surface area contributed by atoms with E-state index in [2.05, 4.69) is 13.0 Å². The van der Waals surface area contributed by atoms with E-state index in [1.165, 1.54) is 36.0 Å². The Labute approximate surface area is 97.5 Å². The summed E-state index contributed by atoms with van der Waals surface area (Å²) in [5.74, 6) is 1.98. The molecule has 0 saturated heterocycles. The molecule has 0 fully saturated rings. The summed E-state index contributed by atoms with van der Waals surface area (Å²) in [5.41, 5.74) is 10.2. The fourth-order valence-electron chi connectivity index (χ4n) is 2.60. The second kappa shape index (κ2) is 4.46. The van der Waals surface area contributed by atoms with Gasteiger partial charge in [-0.1, -0.05) is 11.6 Å². The van der Waals surface area contributed by atoms with Crippen molar-refractivity contribution < 1.29 is 4.42 Å². The van der Waals surface area contributed by atoms with Crippen LogP contribution in [0.5, 0.6) is 0 Å². The number of furan rings is 1. The van der Waals surface area contributed by atoms with E-state index in [1.54, 1.807) is 0 Å². The van der Waals surface area contributed by atoms with E-state index in [1.807, 2.05) is 13.8 Å². The van der Waals surface area contributed by atoms with E-state index in [9.17, 15) is 0 Å². The van der Waals surface area contributed by atoms with Crippen LogP contribution in [0.1, 0.15) is 54.4 Å². The predicted molar refractivity (Wildman–Crippen MR) is 66.4 cm³/mol. The van der Waals surface area contributed by atoms with Gasteiger partial charge in [0.2, 0.25) is 0 Å². The molecule has 1 aliphatic carbocycles. The van der Waals surface area contributed by atoms with Crippen LogP contribution in [0.25, 0.3) is 0 Å². The van der Waals surface area contributed by atoms with Crippen LogP contribution >= 0.6 is 0 Å². The van der Waals surface area contributed by atoms with Crippen molar-refractivity contribution in [3.63, 3.8) is 0 Å². The molecular formula is C14H21NO. The molecule has 16 heavy (non-hydrogen) atoms. The highest BCUT2D eigenvalue weighted by molar-refractivity contribution is 5.39. The van der Waals surface area contributed by atoms with Crippen LogP contribution in [0.2, 0.25) is 0 Å². The maximum Gasteiger partial charge on any atom is 0.106 e. The molecule has 2 N–H and O–H groups in total. The Hall–Kier alpha value is -1.02. The minimum atomic E-state index is 0.0396. The quantitative estimate of drug-likeness (QED) is 0.770. The summed E-state index contributed by atoms with van der Waals surface area (Å²) in [6.45, 7) is 6.12.